The molecule has 0 aliphatic carbocycles. The summed E-state index contributed by atoms with van der Waals surface area (Å²) < 4.78 is 46.6. The average molecular weight is 346 g/mol. The molecule has 0 unspecified atom stereocenters. The van der Waals surface area contributed by atoms with Gasteiger partial charge in [-0.3, -0.25) is 4.58 Å². The highest BCUT2D eigenvalue weighted by molar-refractivity contribution is 6.65. The molecule has 0 aromatic carbocycles. The Hall–Kier alpha value is -0.520. The van der Waals surface area contributed by atoms with E-state index in [1.165, 1.54) is 0 Å². The van der Waals surface area contributed by atoms with Gasteiger partial charge in [0, 0.05) is 13.1 Å². The Morgan fingerprint density at radius 3 is 2.05 bits per heavy atom. The molecule has 0 amide bonds. The van der Waals surface area contributed by atoms with Gasteiger partial charge in [-0.1, -0.05) is 0 Å². The number of ether oxygens (including phenoxy) is 2. The van der Waals surface area contributed by atoms with Crippen molar-refractivity contribution in [2.75, 3.05) is 52.6 Å². The molecule has 0 aromatic heterocycles. The third-order valence-electron chi connectivity index (χ3n) is 2.65. The van der Waals surface area contributed by atoms with Crippen LogP contribution in [0.1, 0.15) is 0 Å². The van der Waals surface area contributed by atoms with Crippen molar-refractivity contribution in [2.45, 2.75) is 0 Å². The number of morpholine rings is 2. The van der Waals surface area contributed by atoms with Gasteiger partial charge in [0.25, 0.3) is 6.34 Å². The third kappa shape index (κ3) is 9.93. The molecule has 2 aliphatic rings. The van der Waals surface area contributed by atoms with Crippen LogP contribution in [0.5, 0.6) is 0 Å². The van der Waals surface area contributed by atoms with E-state index >= 15 is 0 Å². The van der Waals surface area contributed by atoms with Crippen molar-refractivity contribution in [3.8, 4) is 0 Å². The van der Waals surface area contributed by atoms with Gasteiger partial charge in [0.05, 0.1) is 26.4 Å². The zero-order valence-corrected chi connectivity index (χ0v) is 12.8. The minimum absolute atomic E-state index is 0.551. The zero-order valence-electron chi connectivity index (χ0n) is 11.3. The predicted octanol–water partition coefficient (Wildman–Crippen LogP) is -4.77. The molecule has 0 atom stereocenters. The molecule has 0 radical (unpaired) electrons. The summed E-state index contributed by atoms with van der Waals surface area (Å²) in [5.41, 5.74) is 0. The van der Waals surface area contributed by atoms with Crippen LogP contribution in [-0.2, 0) is 9.47 Å². The van der Waals surface area contributed by atoms with Gasteiger partial charge < -0.3 is 14.4 Å². The lowest BCUT2D eigenvalue weighted by Crippen LogP contribution is -2.68. The smallest absolute Gasteiger partial charge is 0.312 e. The Kier molecular flexibility index (Phi) is 8.37. The minimum Gasteiger partial charge on any atom is -0.378 e. The number of halogens is 2. The molecule has 11 heteroatoms. The van der Waals surface area contributed by atoms with Gasteiger partial charge in [0.1, 0.15) is 13.1 Å². The van der Waals surface area contributed by atoms with Crippen LogP contribution in [0, 0.1) is 10.2 Å². The molecule has 0 aromatic rings. The minimum atomic E-state index is -4.94. The summed E-state index contributed by atoms with van der Waals surface area (Å²) >= 11 is 6.11. The standard InChI is InChI=1S/C10H17ClN3O2.ClHO4/c11-10(14-3-7-16-8-4-14)12-9-13-1-5-15-6-2-13;2-1(3,4)5/h9H,1-8H2;(H,2,3,4,5)/q+1;/p-1. The monoisotopic (exact) mass is 345 g/mol. The van der Waals surface area contributed by atoms with E-state index in [1.54, 1.807) is 6.34 Å². The summed E-state index contributed by atoms with van der Waals surface area (Å²) in [7, 11) is -4.94. The molecule has 9 nitrogen and oxygen atoms in total. The van der Waals surface area contributed by atoms with Crippen molar-refractivity contribution < 1.29 is 42.9 Å². The second-order valence-electron chi connectivity index (χ2n) is 4.14. The lowest BCUT2D eigenvalue weighted by molar-refractivity contribution is -2.00. The topological polar surface area (TPSA) is 129 Å². The van der Waals surface area contributed by atoms with Gasteiger partial charge >= 0.3 is 5.29 Å². The molecule has 0 saturated carbocycles. The van der Waals surface area contributed by atoms with E-state index in [0.29, 0.717) is 5.29 Å². The molecule has 0 bridgehead atoms. The van der Waals surface area contributed by atoms with Gasteiger partial charge in [0.15, 0.2) is 0 Å². The largest absolute Gasteiger partial charge is 0.378 e. The number of hydrogen-bond acceptors (Lipinski definition) is 6. The first-order chi connectivity index (χ1) is 9.86. The van der Waals surface area contributed by atoms with Crippen LogP contribution < -0.4 is 18.6 Å². The lowest BCUT2D eigenvalue weighted by atomic mass is 10.5. The molecule has 2 aliphatic heterocycles. The summed E-state index contributed by atoms with van der Waals surface area (Å²) in [6.45, 7) is 6.39. The zero-order chi connectivity index (χ0) is 15.7. The summed E-state index contributed by atoms with van der Waals surface area (Å²) in [5.74, 6) is 0. The van der Waals surface area contributed by atoms with Gasteiger partial charge in [-0.15, -0.1) is 10.2 Å². The maximum Gasteiger partial charge on any atom is 0.312 e. The van der Waals surface area contributed by atoms with E-state index in [2.05, 4.69) is 9.57 Å². The van der Waals surface area contributed by atoms with Crippen LogP contribution in [0.3, 0.4) is 0 Å². The second kappa shape index (κ2) is 9.49. The van der Waals surface area contributed by atoms with Gasteiger partial charge in [-0.2, -0.15) is 0 Å². The molecule has 2 fully saturated rings. The van der Waals surface area contributed by atoms with Gasteiger partial charge in [0.2, 0.25) is 0 Å². The Morgan fingerprint density at radius 2 is 1.52 bits per heavy atom. The highest BCUT2D eigenvalue weighted by Gasteiger charge is 2.16. The maximum atomic E-state index is 8.49. The molecule has 0 spiro atoms. The first-order valence-corrected chi connectivity index (χ1v) is 7.80. The van der Waals surface area contributed by atoms with Crippen LogP contribution in [0.15, 0.2) is 4.99 Å². The fourth-order valence-electron chi connectivity index (χ4n) is 1.65. The molecular formula is C10H17Cl2N3O6. The second-order valence-corrected chi connectivity index (χ2v) is 5.23. The summed E-state index contributed by atoms with van der Waals surface area (Å²) in [6.07, 6.45) is 1.81. The highest BCUT2D eigenvalue weighted by atomic mass is 35.7. The fourth-order valence-corrected chi connectivity index (χ4v) is 1.86. The van der Waals surface area contributed by atoms with Crippen LogP contribution >= 0.6 is 11.6 Å². The van der Waals surface area contributed by atoms with Gasteiger partial charge in [-0.05, 0) is 16.6 Å². The number of hydrogen-bond donors (Lipinski definition) is 0. The van der Waals surface area contributed by atoms with Crippen molar-refractivity contribution in [1.29, 1.82) is 0 Å². The van der Waals surface area contributed by atoms with E-state index in [0.717, 1.165) is 52.6 Å². The number of nitrogens with zero attached hydrogens (tertiary/aromatic N) is 3. The molecule has 2 rings (SSSR count). The summed E-state index contributed by atoms with van der Waals surface area (Å²) in [5, 5.41) is 0.551. The van der Waals surface area contributed by atoms with Crippen LogP contribution in [-0.4, -0.2) is 73.7 Å². The summed E-state index contributed by atoms with van der Waals surface area (Å²) in [6, 6.07) is 0. The molecule has 0 N–H and O–H groups in total. The predicted molar refractivity (Wildman–Crippen MR) is 62.6 cm³/mol. The quantitative estimate of drug-likeness (QED) is 0.202. The third-order valence-corrected chi connectivity index (χ3v) is 2.98. The van der Waals surface area contributed by atoms with Crippen molar-refractivity contribution in [3.63, 3.8) is 0 Å². The van der Waals surface area contributed by atoms with Crippen molar-refractivity contribution in [2.24, 2.45) is 4.99 Å². The summed E-state index contributed by atoms with van der Waals surface area (Å²) in [4.78, 5) is 6.30. The Morgan fingerprint density at radius 1 is 1.05 bits per heavy atom. The Labute approximate surface area is 129 Å². The number of amidine groups is 1. The van der Waals surface area contributed by atoms with Gasteiger partial charge in [-0.25, -0.2) is 18.6 Å². The van der Waals surface area contributed by atoms with E-state index in [9.17, 15) is 0 Å². The van der Waals surface area contributed by atoms with Crippen molar-refractivity contribution >= 4 is 23.2 Å². The molecule has 21 heavy (non-hydrogen) atoms. The molecule has 122 valence electrons. The first kappa shape index (κ1) is 18.5. The molecular weight excluding hydrogens is 329 g/mol. The highest BCUT2D eigenvalue weighted by Crippen LogP contribution is 2.01. The maximum absolute atomic E-state index is 8.49. The van der Waals surface area contributed by atoms with E-state index in [1.807, 2.05) is 4.90 Å². The SMILES string of the molecule is ClC(=NC=[N+]1CCOCC1)N1CCOCC1.[O-][Cl+3]([O-])([O-])[O-]. The Balaban J connectivity index is 0.000000383. The van der Waals surface area contributed by atoms with Crippen LogP contribution in [0.2, 0.25) is 0 Å². The normalized spacial score (nSPS) is 20.7. The van der Waals surface area contributed by atoms with E-state index < -0.39 is 10.2 Å². The number of rotatable bonds is 1. The van der Waals surface area contributed by atoms with Crippen LogP contribution in [0.4, 0.5) is 0 Å². The first-order valence-electron chi connectivity index (χ1n) is 6.19. The lowest BCUT2D eigenvalue weighted by Gasteiger charge is -2.24. The van der Waals surface area contributed by atoms with E-state index in [-0.39, 0.29) is 0 Å². The molecule has 2 heterocycles. The van der Waals surface area contributed by atoms with Crippen molar-refractivity contribution in [1.82, 2.24) is 4.90 Å². The van der Waals surface area contributed by atoms with E-state index in [4.69, 9.17) is 39.7 Å². The number of aliphatic imine (C=N–C) groups is 1. The fraction of sp³-hybridized carbons (Fsp3) is 0.800. The van der Waals surface area contributed by atoms with Crippen molar-refractivity contribution in [3.05, 3.63) is 0 Å². The van der Waals surface area contributed by atoms with Crippen LogP contribution in [0.25, 0.3) is 0 Å². The Bertz CT molecular complexity index is 354. The average Bonchev–Trinajstić information content (AvgIpc) is 2.45. The molecule has 2 saturated heterocycles.